The number of ether oxygens (including phenoxy) is 2. The lowest BCUT2D eigenvalue weighted by Gasteiger charge is -2.32. The van der Waals surface area contributed by atoms with Gasteiger partial charge in [-0.1, -0.05) is 37.6 Å². The van der Waals surface area contributed by atoms with E-state index in [0.29, 0.717) is 41.8 Å². The van der Waals surface area contributed by atoms with Crippen molar-refractivity contribution in [2.45, 2.75) is 65.1 Å². The molecule has 2 amide bonds. The van der Waals surface area contributed by atoms with Crippen LogP contribution in [0.25, 0.3) is 0 Å². The second-order valence-corrected chi connectivity index (χ2v) is 12.0. The van der Waals surface area contributed by atoms with Crippen LogP contribution in [0.4, 0.5) is 5.69 Å². The van der Waals surface area contributed by atoms with Gasteiger partial charge < -0.3 is 19.7 Å². The van der Waals surface area contributed by atoms with Gasteiger partial charge in [-0.05, 0) is 56.0 Å². The lowest BCUT2D eigenvalue weighted by atomic mass is 10.1. The highest BCUT2D eigenvalue weighted by Crippen LogP contribution is 2.34. The van der Waals surface area contributed by atoms with E-state index >= 15 is 0 Å². The lowest BCUT2D eigenvalue weighted by Crippen LogP contribution is -2.50. The van der Waals surface area contributed by atoms with Crippen LogP contribution in [0.1, 0.15) is 52.0 Å². The largest absolute Gasteiger partial charge is 0.486 e. The van der Waals surface area contributed by atoms with E-state index in [0.717, 1.165) is 18.2 Å². The fourth-order valence-electron chi connectivity index (χ4n) is 4.34. The van der Waals surface area contributed by atoms with Gasteiger partial charge in [0.05, 0.1) is 11.9 Å². The summed E-state index contributed by atoms with van der Waals surface area (Å²) >= 11 is 6.04. The molecule has 0 spiro atoms. The van der Waals surface area contributed by atoms with Gasteiger partial charge in [-0.15, -0.1) is 0 Å². The summed E-state index contributed by atoms with van der Waals surface area (Å²) in [5.41, 5.74) is 1.28. The van der Waals surface area contributed by atoms with Crippen molar-refractivity contribution < 1.29 is 27.5 Å². The van der Waals surface area contributed by atoms with Crippen molar-refractivity contribution in [1.82, 2.24) is 10.2 Å². The van der Waals surface area contributed by atoms with Crippen molar-refractivity contribution in [3.8, 4) is 11.5 Å². The first-order valence-electron chi connectivity index (χ1n) is 13.2. The molecule has 214 valence electrons. The van der Waals surface area contributed by atoms with Gasteiger partial charge in [0.2, 0.25) is 21.8 Å². The van der Waals surface area contributed by atoms with E-state index in [1.165, 1.54) is 4.31 Å². The van der Waals surface area contributed by atoms with E-state index in [2.05, 4.69) is 5.32 Å². The zero-order valence-corrected chi connectivity index (χ0v) is 24.6. The molecule has 1 heterocycles. The first-order chi connectivity index (χ1) is 18.5. The Kier molecular flexibility index (Phi) is 10.9. The molecule has 2 unspecified atom stereocenters. The summed E-state index contributed by atoms with van der Waals surface area (Å²) in [6.45, 7) is 6.93. The van der Waals surface area contributed by atoms with E-state index in [1.807, 2.05) is 32.9 Å². The number of hydrogen-bond acceptors (Lipinski definition) is 6. The van der Waals surface area contributed by atoms with E-state index < -0.39 is 16.1 Å². The number of nitrogens with zero attached hydrogens (tertiary/aromatic N) is 2. The lowest BCUT2D eigenvalue weighted by molar-refractivity contribution is -0.141. The monoisotopic (exact) mass is 579 g/mol. The second-order valence-electron chi connectivity index (χ2n) is 9.66. The third-order valence-electron chi connectivity index (χ3n) is 6.62. The predicted molar refractivity (Wildman–Crippen MR) is 153 cm³/mol. The highest BCUT2D eigenvalue weighted by molar-refractivity contribution is 7.92. The number of anilines is 1. The molecule has 0 bridgehead atoms. The molecule has 2 aromatic carbocycles. The van der Waals surface area contributed by atoms with Gasteiger partial charge in [0, 0.05) is 36.6 Å². The molecule has 11 heteroatoms. The number of nitrogens with one attached hydrogen (secondary N) is 1. The van der Waals surface area contributed by atoms with Crippen molar-refractivity contribution in [2.75, 3.05) is 30.3 Å². The molecule has 0 radical (unpaired) electrons. The van der Waals surface area contributed by atoms with Gasteiger partial charge in [-0.2, -0.15) is 0 Å². The Morgan fingerprint density at radius 3 is 2.31 bits per heavy atom. The maximum absolute atomic E-state index is 13.5. The minimum absolute atomic E-state index is 0.0200. The van der Waals surface area contributed by atoms with Crippen LogP contribution in [0.15, 0.2) is 42.5 Å². The number of hydrogen-bond donors (Lipinski definition) is 1. The van der Waals surface area contributed by atoms with E-state index in [9.17, 15) is 18.0 Å². The normalized spacial score (nSPS) is 14.3. The number of carbonyl (C=O) groups excluding carboxylic acids is 2. The van der Waals surface area contributed by atoms with Crippen LogP contribution in [0.5, 0.6) is 11.5 Å². The SMILES string of the molecule is CCC(C)NC(=O)C(CC)N(Cc1ccc(Cl)cc1)C(=O)CCCN(c1ccc2c(c1)OCCO2)S(C)(=O)=O. The summed E-state index contributed by atoms with van der Waals surface area (Å²) in [5.74, 6) is 0.610. The molecule has 1 aliphatic rings. The molecule has 0 aromatic heterocycles. The molecular formula is C28H38ClN3O6S. The fourth-order valence-corrected chi connectivity index (χ4v) is 5.42. The molecular weight excluding hydrogens is 542 g/mol. The summed E-state index contributed by atoms with van der Waals surface area (Å²) in [6.07, 6.45) is 2.67. The number of fused-ring (bicyclic) bond motifs is 1. The highest BCUT2D eigenvalue weighted by Gasteiger charge is 2.29. The van der Waals surface area contributed by atoms with Crippen molar-refractivity contribution >= 4 is 39.1 Å². The van der Waals surface area contributed by atoms with Gasteiger partial charge in [-0.3, -0.25) is 13.9 Å². The van der Waals surface area contributed by atoms with Gasteiger partial charge >= 0.3 is 0 Å². The Morgan fingerprint density at radius 2 is 1.69 bits per heavy atom. The molecule has 3 rings (SSSR count). The molecule has 0 saturated heterocycles. The van der Waals surface area contributed by atoms with Crippen molar-refractivity contribution in [1.29, 1.82) is 0 Å². The van der Waals surface area contributed by atoms with Crippen LogP contribution in [-0.2, 0) is 26.2 Å². The Bertz CT molecular complexity index is 1240. The molecule has 0 aliphatic carbocycles. The average Bonchev–Trinajstić information content (AvgIpc) is 2.90. The maximum atomic E-state index is 13.5. The Morgan fingerprint density at radius 1 is 1.03 bits per heavy atom. The summed E-state index contributed by atoms with van der Waals surface area (Å²) in [4.78, 5) is 28.2. The molecule has 2 aromatic rings. The van der Waals surface area contributed by atoms with Crippen LogP contribution >= 0.6 is 11.6 Å². The molecule has 1 aliphatic heterocycles. The number of carbonyl (C=O) groups is 2. The Hall–Kier alpha value is -2.98. The first kappa shape index (κ1) is 30.6. The minimum atomic E-state index is -3.63. The van der Waals surface area contributed by atoms with Gasteiger partial charge in [0.15, 0.2) is 11.5 Å². The van der Waals surface area contributed by atoms with Crippen LogP contribution in [0.3, 0.4) is 0 Å². The third-order valence-corrected chi connectivity index (χ3v) is 8.07. The number of benzene rings is 2. The van der Waals surface area contributed by atoms with Gasteiger partial charge in [0.25, 0.3) is 0 Å². The van der Waals surface area contributed by atoms with Crippen LogP contribution in [-0.4, -0.2) is 63.2 Å². The fraction of sp³-hybridized carbons (Fsp3) is 0.500. The average molecular weight is 580 g/mol. The number of halogens is 1. The number of sulfonamides is 1. The molecule has 0 saturated carbocycles. The topological polar surface area (TPSA) is 105 Å². The Balaban J connectivity index is 1.77. The molecule has 9 nitrogen and oxygen atoms in total. The molecule has 0 fully saturated rings. The van der Waals surface area contributed by atoms with E-state index in [1.54, 1.807) is 35.2 Å². The maximum Gasteiger partial charge on any atom is 0.243 e. The summed E-state index contributed by atoms with van der Waals surface area (Å²) < 4.78 is 37.7. The zero-order valence-electron chi connectivity index (χ0n) is 23.0. The van der Waals surface area contributed by atoms with Gasteiger partial charge in [0.1, 0.15) is 19.3 Å². The smallest absolute Gasteiger partial charge is 0.243 e. The van der Waals surface area contributed by atoms with E-state index in [-0.39, 0.29) is 43.8 Å². The molecule has 2 atom stereocenters. The van der Waals surface area contributed by atoms with E-state index in [4.69, 9.17) is 21.1 Å². The summed E-state index contributed by atoms with van der Waals surface area (Å²) in [6, 6.07) is 11.5. The van der Waals surface area contributed by atoms with Crippen molar-refractivity contribution in [3.63, 3.8) is 0 Å². The van der Waals surface area contributed by atoms with Gasteiger partial charge in [-0.25, -0.2) is 8.42 Å². The number of amides is 2. The van der Waals surface area contributed by atoms with Crippen LogP contribution < -0.4 is 19.1 Å². The Labute approximate surface area is 236 Å². The van der Waals surface area contributed by atoms with Crippen LogP contribution in [0.2, 0.25) is 5.02 Å². The predicted octanol–water partition coefficient (Wildman–Crippen LogP) is 4.38. The highest BCUT2D eigenvalue weighted by atomic mass is 35.5. The second kappa shape index (κ2) is 13.9. The minimum Gasteiger partial charge on any atom is -0.486 e. The molecule has 39 heavy (non-hydrogen) atoms. The quantitative estimate of drug-likeness (QED) is 0.378. The van der Waals surface area contributed by atoms with Crippen molar-refractivity contribution in [2.24, 2.45) is 0 Å². The first-order valence-corrected chi connectivity index (χ1v) is 15.5. The van der Waals surface area contributed by atoms with Crippen molar-refractivity contribution in [3.05, 3.63) is 53.1 Å². The molecule has 1 N–H and O–H groups in total. The standard InChI is InChI=1S/C28H38ClN3O6S/c1-5-20(3)30-28(34)24(6-2)31(19-21-9-11-22(29)12-10-21)27(33)8-7-15-32(39(4,35)36)23-13-14-25-26(18-23)38-17-16-37-25/h9-14,18,20,24H,5-8,15-17,19H2,1-4H3,(H,30,34). The summed E-state index contributed by atoms with van der Waals surface area (Å²) in [7, 11) is -3.63. The van der Waals surface area contributed by atoms with Crippen LogP contribution in [0, 0.1) is 0 Å². The number of rotatable bonds is 13. The third kappa shape index (κ3) is 8.50. The zero-order chi connectivity index (χ0) is 28.6. The summed E-state index contributed by atoms with van der Waals surface area (Å²) in [5, 5.41) is 3.57.